The molecule has 1 aromatic rings. The molecule has 0 aliphatic carbocycles. The van der Waals surface area contributed by atoms with Gasteiger partial charge in [-0.25, -0.2) is 9.59 Å². The maximum absolute atomic E-state index is 12.8. The maximum atomic E-state index is 12.8. The van der Waals surface area contributed by atoms with Crippen LogP contribution in [0.3, 0.4) is 0 Å². The molecule has 0 unspecified atom stereocenters. The summed E-state index contributed by atoms with van der Waals surface area (Å²) in [4.78, 5) is 25.6. The van der Waals surface area contributed by atoms with Crippen molar-refractivity contribution in [2.45, 2.75) is 232 Å². The fourth-order valence-corrected chi connectivity index (χ4v) is 9.22. The van der Waals surface area contributed by atoms with Gasteiger partial charge >= 0.3 is 11.9 Å². The van der Waals surface area contributed by atoms with Gasteiger partial charge in [0.1, 0.15) is 0 Å². The minimum Gasteiger partial charge on any atom is -0.462 e. The number of carbonyl (C=O) groups excluding carboxylic acids is 2. The van der Waals surface area contributed by atoms with Gasteiger partial charge in [-0.1, -0.05) is 219 Å². The Labute approximate surface area is 356 Å². The molecule has 0 saturated carbocycles. The first kappa shape index (κ1) is 52.9. The lowest BCUT2D eigenvalue weighted by Gasteiger charge is -2.10. The molecule has 0 heterocycles. The third kappa shape index (κ3) is 34.9. The smallest absolute Gasteiger partial charge is 0.339 e. The first-order chi connectivity index (χ1) is 27.7. The molecule has 4 nitrogen and oxygen atoms in total. The van der Waals surface area contributed by atoms with Gasteiger partial charge in [-0.05, 0) is 60.8 Å². The number of ether oxygens (including phenoxy) is 2. The Bertz CT molecular complexity index is 909. The number of unbranched alkanes of at least 4 members (excludes halogenated alkanes) is 30. The van der Waals surface area contributed by atoms with Crippen LogP contribution in [0.5, 0.6) is 0 Å². The van der Waals surface area contributed by atoms with Crippen LogP contribution in [0, 0.1) is 0 Å². The average Bonchev–Trinajstić information content (AvgIpc) is 3.21. The number of hydrogen-bond acceptors (Lipinski definition) is 6. The molecule has 1 aromatic carbocycles. The quantitative estimate of drug-likeness (QED) is 0.0483. The first-order valence-electron chi connectivity index (χ1n) is 24.3. The van der Waals surface area contributed by atoms with E-state index in [9.17, 15) is 9.59 Å². The van der Waals surface area contributed by atoms with Gasteiger partial charge in [0, 0.05) is 0 Å². The number of thioether (sulfide) groups is 2. The Hall–Kier alpha value is -1.14. The summed E-state index contributed by atoms with van der Waals surface area (Å²) in [6, 6.07) is 6.88. The Morgan fingerprint density at radius 1 is 0.357 bits per heavy atom. The Kier molecular flexibility index (Phi) is 41.0. The highest BCUT2D eigenvalue weighted by Crippen LogP contribution is 2.18. The van der Waals surface area contributed by atoms with E-state index in [2.05, 4.69) is 13.8 Å². The second-order valence-electron chi connectivity index (χ2n) is 16.4. The predicted molar refractivity (Wildman–Crippen MR) is 250 cm³/mol. The van der Waals surface area contributed by atoms with E-state index in [0.717, 1.165) is 24.3 Å². The first-order valence-corrected chi connectivity index (χ1v) is 26.6. The van der Waals surface area contributed by atoms with E-state index in [1.165, 1.54) is 217 Å². The second-order valence-corrected chi connectivity index (χ2v) is 18.8. The van der Waals surface area contributed by atoms with Crippen molar-refractivity contribution in [2.75, 3.05) is 36.2 Å². The minimum atomic E-state index is -0.435. The summed E-state index contributed by atoms with van der Waals surface area (Å²) in [5, 5.41) is 0. The SMILES string of the molecule is CCCCCCCCCCCCCCCCCCSCCCOC(=O)c1ccccc1C(=O)OCCCSCCCCCCCCCCCCCCCCCC. The molecule has 56 heavy (non-hydrogen) atoms. The van der Waals surface area contributed by atoms with Gasteiger partial charge in [0.2, 0.25) is 0 Å². The zero-order chi connectivity index (χ0) is 40.3. The Morgan fingerprint density at radius 2 is 0.589 bits per heavy atom. The van der Waals surface area contributed by atoms with Gasteiger partial charge in [-0.15, -0.1) is 0 Å². The number of rotatable bonds is 44. The lowest BCUT2D eigenvalue weighted by molar-refractivity contribution is 0.0459. The molecule has 0 bridgehead atoms. The molecule has 0 N–H and O–H groups in total. The standard InChI is InChI=1S/C50H90O4S2/c1-3-5-7-9-11-13-15-17-19-21-23-25-27-29-31-35-43-55-45-37-41-53-49(51)47-39-33-34-40-48(47)50(52)54-42-38-46-56-44-36-32-30-28-26-24-22-20-18-16-14-12-10-8-6-4-2/h33-34,39-40H,3-32,35-38,41-46H2,1-2H3. The van der Waals surface area contributed by atoms with Crippen molar-refractivity contribution in [1.29, 1.82) is 0 Å². The van der Waals surface area contributed by atoms with Crippen molar-refractivity contribution in [1.82, 2.24) is 0 Å². The molecule has 0 atom stereocenters. The van der Waals surface area contributed by atoms with Crippen molar-refractivity contribution < 1.29 is 19.1 Å². The summed E-state index contributed by atoms with van der Waals surface area (Å²) in [5.74, 6) is 3.47. The molecule has 0 spiro atoms. The molecule has 1 rings (SSSR count). The van der Waals surface area contributed by atoms with Crippen molar-refractivity contribution in [2.24, 2.45) is 0 Å². The van der Waals surface area contributed by atoms with Crippen LogP contribution in [0.2, 0.25) is 0 Å². The fraction of sp³-hybridized carbons (Fsp3) is 0.840. The Balaban J connectivity index is 1.92. The van der Waals surface area contributed by atoms with Crippen LogP contribution < -0.4 is 0 Å². The lowest BCUT2D eigenvalue weighted by Crippen LogP contribution is -2.15. The van der Waals surface area contributed by atoms with Gasteiger partial charge < -0.3 is 9.47 Å². The van der Waals surface area contributed by atoms with Crippen LogP contribution in [0.15, 0.2) is 24.3 Å². The van der Waals surface area contributed by atoms with Gasteiger partial charge in [0.15, 0.2) is 0 Å². The zero-order valence-corrected chi connectivity index (χ0v) is 38.7. The van der Waals surface area contributed by atoms with E-state index in [4.69, 9.17) is 9.47 Å². The van der Waals surface area contributed by atoms with Crippen LogP contribution in [-0.2, 0) is 9.47 Å². The van der Waals surface area contributed by atoms with E-state index in [0.29, 0.717) is 24.3 Å². The van der Waals surface area contributed by atoms with E-state index < -0.39 is 11.9 Å². The number of benzene rings is 1. The third-order valence-corrected chi connectivity index (χ3v) is 13.3. The molecule has 0 aromatic heterocycles. The molecule has 0 aliphatic heterocycles. The van der Waals surface area contributed by atoms with Crippen LogP contribution >= 0.6 is 23.5 Å². The summed E-state index contributed by atoms with van der Waals surface area (Å²) in [6.07, 6.45) is 46.5. The average molecular weight is 819 g/mol. The number of carbonyl (C=O) groups is 2. The third-order valence-electron chi connectivity index (χ3n) is 11.0. The van der Waals surface area contributed by atoms with Crippen LogP contribution in [0.1, 0.15) is 253 Å². The number of hydrogen-bond donors (Lipinski definition) is 0. The van der Waals surface area contributed by atoms with Crippen molar-refractivity contribution in [3.63, 3.8) is 0 Å². The fourth-order valence-electron chi connectivity index (χ4n) is 7.35. The van der Waals surface area contributed by atoms with Crippen molar-refractivity contribution in [3.8, 4) is 0 Å². The molecular formula is C50H90O4S2. The molecule has 0 radical (unpaired) electrons. The molecule has 0 amide bonds. The second kappa shape index (κ2) is 43.4. The van der Waals surface area contributed by atoms with Crippen molar-refractivity contribution in [3.05, 3.63) is 35.4 Å². The largest absolute Gasteiger partial charge is 0.462 e. The maximum Gasteiger partial charge on any atom is 0.339 e. The Morgan fingerprint density at radius 3 is 0.857 bits per heavy atom. The summed E-state index contributed by atoms with van der Waals surface area (Å²) >= 11 is 3.91. The molecule has 326 valence electrons. The topological polar surface area (TPSA) is 52.6 Å². The van der Waals surface area contributed by atoms with Crippen LogP contribution in [-0.4, -0.2) is 48.2 Å². The van der Waals surface area contributed by atoms with E-state index in [-0.39, 0.29) is 0 Å². The lowest BCUT2D eigenvalue weighted by atomic mass is 10.0. The highest BCUT2D eigenvalue weighted by molar-refractivity contribution is 7.99. The monoisotopic (exact) mass is 819 g/mol. The number of esters is 2. The summed E-state index contributed by atoms with van der Waals surface area (Å²) in [7, 11) is 0. The van der Waals surface area contributed by atoms with Crippen molar-refractivity contribution >= 4 is 35.5 Å². The molecular weight excluding hydrogens is 729 g/mol. The van der Waals surface area contributed by atoms with E-state index in [1.807, 2.05) is 23.5 Å². The predicted octanol–water partition coefficient (Wildman–Crippen LogP) is 16.8. The zero-order valence-electron chi connectivity index (χ0n) is 37.0. The highest BCUT2D eigenvalue weighted by Gasteiger charge is 2.19. The molecule has 0 aliphatic rings. The van der Waals surface area contributed by atoms with Crippen LogP contribution in [0.4, 0.5) is 0 Å². The van der Waals surface area contributed by atoms with E-state index in [1.54, 1.807) is 24.3 Å². The van der Waals surface area contributed by atoms with Crippen LogP contribution in [0.25, 0.3) is 0 Å². The summed E-state index contributed by atoms with van der Waals surface area (Å²) < 4.78 is 11.1. The summed E-state index contributed by atoms with van der Waals surface area (Å²) in [6.45, 7) is 5.34. The molecule has 0 fully saturated rings. The molecule has 0 saturated heterocycles. The molecule has 6 heteroatoms. The van der Waals surface area contributed by atoms with Gasteiger partial charge in [-0.2, -0.15) is 23.5 Å². The summed E-state index contributed by atoms with van der Waals surface area (Å²) in [5.41, 5.74) is 0.604. The minimum absolute atomic E-state index is 0.302. The van der Waals surface area contributed by atoms with Gasteiger partial charge in [-0.3, -0.25) is 0 Å². The van der Waals surface area contributed by atoms with E-state index >= 15 is 0 Å². The normalized spacial score (nSPS) is 11.3. The highest BCUT2D eigenvalue weighted by atomic mass is 32.2. The van der Waals surface area contributed by atoms with Gasteiger partial charge in [0.25, 0.3) is 0 Å². The van der Waals surface area contributed by atoms with Gasteiger partial charge in [0.05, 0.1) is 24.3 Å².